The fraction of sp³-hybridized carbons (Fsp3) is 0.391. The normalized spacial score (nSPS) is 16.5. The van der Waals surface area contributed by atoms with Gasteiger partial charge in [0.25, 0.3) is 5.91 Å². The Balaban J connectivity index is 1.58. The van der Waals surface area contributed by atoms with Crippen LogP contribution >= 0.6 is 0 Å². The summed E-state index contributed by atoms with van der Waals surface area (Å²) in [4.78, 5) is 34.1. The van der Waals surface area contributed by atoms with Gasteiger partial charge >= 0.3 is 0 Å². The molecule has 162 valence electrons. The fourth-order valence-electron chi connectivity index (χ4n) is 4.18. The van der Waals surface area contributed by atoms with Crippen LogP contribution in [0, 0.1) is 5.92 Å². The van der Waals surface area contributed by atoms with Gasteiger partial charge in [-0.15, -0.1) is 5.10 Å². The Morgan fingerprint density at radius 1 is 1.19 bits per heavy atom. The lowest BCUT2D eigenvalue weighted by molar-refractivity contribution is -0.136. The van der Waals surface area contributed by atoms with Crippen molar-refractivity contribution in [3.63, 3.8) is 0 Å². The predicted molar refractivity (Wildman–Crippen MR) is 119 cm³/mol. The van der Waals surface area contributed by atoms with Crippen LogP contribution in [0.1, 0.15) is 37.0 Å². The molecule has 1 aromatic carbocycles. The van der Waals surface area contributed by atoms with E-state index in [4.69, 9.17) is 5.73 Å². The van der Waals surface area contributed by atoms with Gasteiger partial charge in [0.2, 0.25) is 5.91 Å². The molecule has 2 aromatic heterocycles. The lowest BCUT2D eigenvalue weighted by atomic mass is 9.96. The summed E-state index contributed by atoms with van der Waals surface area (Å²) in [6, 6.07) is 11.3. The van der Waals surface area contributed by atoms with Crippen LogP contribution < -0.4 is 5.73 Å². The zero-order chi connectivity index (χ0) is 22.0. The number of rotatable bonds is 5. The van der Waals surface area contributed by atoms with Gasteiger partial charge in [-0.3, -0.25) is 9.59 Å². The third kappa shape index (κ3) is 4.10. The Kier molecular flexibility index (Phi) is 5.88. The number of nitrogens with two attached hydrogens (primary N) is 1. The summed E-state index contributed by atoms with van der Waals surface area (Å²) in [7, 11) is 0. The van der Waals surface area contributed by atoms with Gasteiger partial charge in [0.15, 0.2) is 11.5 Å². The van der Waals surface area contributed by atoms with E-state index in [2.05, 4.69) is 10.1 Å². The molecule has 4 rings (SSSR count). The summed E-state index contributed by atoms with van der Waals surface area (Å²) in [6.07, 6.45) is 3.29. The lowest BCUT2D eigenvalue weighted by Gasteiger charge is -2.34. The number of nitrogen functional groups attached to an aromatic ring is 1. The molecule has 0 saturated carbocycles. The number of amides is 2. The lowest BCUT2D eigenvalue weighted by Crippen LogP contribution is -2.46. The van der Waals surface area contributed by atoms with E-state index in [-0.39, 0.29) is 17.7 Å². The van der Waals surface area contributed by atoms with Gasteiger partial charge < -0.3 is 15.5 Å². The number of hydrogen-bond donors (Lipinski definition) is 1. The number of benzene rings is 1. The van der Waals surface area contributed by atoms with Crippen molar-refractivity contribution < 1.29 is 9.59 Å². The zero-order valence-electron chi connectivity index (χ0n) is 18.0. The van der Waals surface area contributed by atoms with E-state index in [9.17, 15) is 9.59 Å². The first kappa shape index (κ1) is 20.8. The highest BCUT2D eigenvalue weighted by molar-refractivity contribution is 5.96. The molecule has 0 radical (unpaired) electrons. The molecule has 0 bridgehead atoms. The number of carbonyl (C=O) groups is 2. The van der Waals surface area contributed by atoms with Gasteiger partial charge in [0.05, 0.1) is 17.2 Å². The number of nitrogens with zero attached hydrogens (tertiary/aromatic N) is 5. The number of pyridine rings is 1. The number of hydrogen-bond acceptors (Lipinski definition) is 5. The Morgan fingerprint density at radius 3 is 2.65 bits per heavy atom. The van der Waals surface area contributed by atoms with Gasteiger partial charge in [-0.1, -0.05) is 30.3 Å². The van der Waals surface area contributed by atoms with E-state index in [1.54, 1.807) is 21.7 Å². The number of piperidine rings is 1. The smallest absolute Gasteiger partial charge is 0.255 e. The van der Waals surface area contributed by atoms with Gasteiger partial charge in [0, 0.05) is 37.9 Å². The van der Waals surface area contributed by atoms with Crippen molar-refractivity contribution in [1.82, 2.24) is 24.4 Å². The summed E-state index contributed by atoms with van der Waals surface area (Å²) < 4.78 is 1.56. The Bertz CT molecular complexity index is 1090. The van der Waals surface area contributed by atoms with E-state index in [1.165, 1.54) is 0 Å². The third-order valence-electron chi connectivity index (χ3n) is 5.87. The van der Waals surface area contributed by atoms with E-state index in [0.717, 1.165) is 18.4 Å². The molecule has 8 heteroatoms. The second-order valence-electron chi connectivity index (χ2n) is 7.85. The maximum absolute atomic E-state index is 13.2. The Hall–Kier alpha value is -3.42. The standard InChI is InChI=1S/C23H28N6O2/c1-3-27(4-2)22(30)17-11-8-12-28(14-17)23(31)18-13-19(24)21-25-20(26-29(21)15-18)16-9-6-5-7-10-16/h5-7,9-10,13,15,17H,3-4,8,11-12,14,24H2,1-2H3. The molecular weight excluding hydrogens is 392 g/mol. The van der Waals surface area contributed by atoms with Gasteiger partial charge in [-0.2, -0.15) is 0 Å². The van der Waals surface area contributed by atoms with Crippen molar-refractivity contribution >= 4 is 23.1 Å². The predicted octanol–water partition coefficient (Wildman–Crippen LogP) is 2.70. The monoisotopic (exact) mass is 420 g/mol. The maximum Gasteiger partial charge on any atom is 0.255 e. The van der Waals surface area contributed by atoms with Crippen LogP contribution in [-0.4, -0.2) is 62.4 Å². The number of likely N-dealkylation sites (tertiary alicyclic amines) is 1. The van der Waals surface area contributed by atoms with Crippen molar-refractivity contribution in [2.75, 3.05) is 31.9 Å². The van der Waals surface area contributed by atoms with Crippen molar-refractivity contribution in [2.24, 2.45) is 5.92 Å². The van der Waals surface area contributed by atoms with Crippen LogP contribution in [0.2, 0.25) is 0 Å². The molecule has 0 aliphatic carbocycles. The Morgan fingerprint density at radius 2 is 1.94 bits per heavy atom. The fourth-order valence-corrected chi connectivity index (χ4v) is 4.18. The molecule has 1 fully saturated rings. The summed E-state index contributed by atoms with van der Waals surface area (Å²) in [5.41, 5.74) is 8.46. The molecule has 1 saturated heterocycles. The van der Waals surface area contributed by atoms with Crippen LogP contribution in [0.3, 0.4) is 0 Å². The maximum atomic E-state index is 13.2. The molecule has 0 spiro atoms. The first-order chi connectivity index (χ1) is 15.0. The topological polar surface area (TPSA) is 96.8 Å². The Labute approximate surface area is 181 Å². The van der Waals surface area contributed by atoms with Crippen LogP contribution in [0.4, 0.5) is 5.69 Å². The first-order valence-electron chi connectivity index (χ1n) is 10.8. The quantitative estimate of drug-likeness (QED) is 0.685. The van der Waals surface area contributed by atoms with Crippen molar-refractivity contribution in [3.8, 4) is 11.4 Å². The van der Waals surface area contributed by atoms with Crippen LogP contribution in [0.25, 0.3) is 17.0 Å². The summed E-state index contributed by atoms with van der Waals surface area (Å²) in [6.45, 7) is 6.39. The van der Waals surface area contributed by atoms with E-state index in [1.807, 2.05) is 49.1 Å². The van der Waals surface area contributed by atoms with Gasteiger partial charge in [-0.05, 0) is 32.8 Å². The van der Waals surface area contributed by atoms with Crippen molar-refractivity contribution in [3.05, 3.63) is 48.2 Å². The highest BCUT2D eigenvalue weighted by Crippen LogP contribution is 2.24. The molecule has 2 N–H and O–H groups in total. The molecular formula is C23H28N6O2. The summed E-state index contributed by atoms with van der Waals surface area (Å²) in [5.74, 6) is 0.387. The van der Waals surface area contributed by atoms with Gasteiger partial charge in [0.1, 0.15) is 0 Å². The minimum atomic E-state index is -0.158. The molecule has 1 aliphatic rings. The van der Waals surface area contributed by atoms with E-state index < -0.39 is 0 Å². The SMILES string of the molecule is CCN(CC)C(=O)C1CCCN(C(=O)c2cc(N)c3nc(-c4ccccc4)nn3c2)C1. The molecule has 1 unspecified atom stereocenters. The minimum absolute atomic E-state index is 0.126. The zero-order valence-corrected chi connectivity index (χ0v) is 18.0. The minimum Gasteiger partial charge on any atom is -0.396 e. The van der Waals surface area contributed by atoms with E-state index in [0.29, 0.717) is 48.9 Å². The second-order valence-corrected chi connectivity index (χ2v) is 7.85. The molecule has 31 heavy (non-hydrogen) atoms. The highest BCUT2D eigenvalue weighted by atomic mass is 16.2. The molecule has 3 heterocycles. The van der Waals surface area contributed by atoms with Crippen molar-refractivity contribution in [1.29, 1.82) is 0 Å². The summed E-state index contributed by atoms with van der Waals surface area (Å²) >= 11 is 0. The average molecular weight is 421 g/mol. The number of aromatic nitrogens is 3. The second kappa shape index (κ2) is 8.75. The average Bonchev–Trinajstić information content (AvgIpc) is 3.25. The molecule has 1 atom stereocenters. The van der Waals surface area contributed by atoms with Gasteiger partial charge in [-0.25, -0.2) is 9.50 Å². The van der Waals surface area contributed by atoms with Crippen LogP contribution in [-0.2, 0) is 4.79 Å². The molecule has 3 aromatic rings. The highest BCUT2D eigenvalue weighted by Gasteiger charge is 2.31. The number of anilines is 1. The summed E-state index contributed by atoms with van der Waals surface area (Å²) in [5, 5.41) is 4.51. The third-order valence-corrected chi connectivity index (χ3v) is 5.87. The molecule has 1 aliphatic heterocycles. The number of carbonyl (C=O) groups excluding carboxylic acids is 2. The largest absolute Gasteiger partial charge is 0.396 e. The van der Waals surface area contributed by atoms with Crippen LogP contribution in [0.5, 0.6) is 0 Å². The van der Waals surface area contributed by atoms with Crippen LogP contribution in [0.15, 0.2) is 42.6 Å². The number of fused-ring (bicyclic) bond motifs is 1. The molecule has 8 nitrogen and oxygen atoms in total. The van der Waals surface area contributed by atoms with Crippen molar-refractivity contribution in [2.45, 2.75) is 26.7 Å². The van der Waals surface area contributed by atoms with E-state index >= 15 is 0 Å². The first-order valence-corrected chi connectivity index (χ1v) is 10.8. The molecule has 2 amide bonds.